The third kappa shape index (κ3) is 2.67. The predicted octanol–water partition coefficient (Wildman–Crippen LogP) is 2.05. The molecule has 0 saturated heterocycles. The zero-order valence-corrected chi connectivity index (χ0v) is 14.5. The van der Waals surface area contributed by atoms with E-state index in [9.17, 15) is 13.2 Å². The van der Waals surface area contributed by atoms with Crippen LogP contribution in [0.1, 0.15) is 38.2 Å². The van der Waals surface area contributed by atoms with Gasteiger partial charge in [0.15, 0.2) is 17.3 Å². The molecule has 0 atom stereocenters. The number of hydrogen-bond acceptors (Lipinski definition) is 6. The molecule has 0 spiro atoms. The van der Waals surface area contributed by atoms with E-state index < -0.39 is 12.0 Å². The van der Waals surface area contributed by atoms with Crippen molar-refractivity contribution in [2.24, 2.45) is 0 Å². The lowest BCUT2D eigenvalue weighted by Gasteiger charge is -2.28. The van der Waals surface area contributed by atoms with Crippen LogP contribution in [0.3, 0.4) is 0 Å². The molecule has 26 heavy (non-hydrogen) atoms. The van der Waals surface area contributed by atoms with Gasteiger partial charge in [0.05, 0.1) is 6.54 Å². The summed E-state index contributed by atoms with van der Waals surface area (Å²) < 4.78 is 41.7. The summed E-state index contributed by atoms with van der Waals surface area (Å²) in [5.41, 5.74) is 0.382. The van der Waals surface area contributed by atoms with E-state index >= 15 is 0 Å². The van der Waals surface area contributed by atoms with Gasteiger partial charge in [-0.25, -0.2) is 0 Å². The summed E-state index contributed by atoms with van der Waals surface area (Å²) in [5.74, 6) is 0.661. The molecule has 0 saturated carbocycles. The van der Waals surface area contributed by atoms with Crippen molar-refractivity contribution in [2.45, 2.75) is 45.5 Å². The number of hydrogen-bond donors (Lipinski definition) is 0. The van der Waals surface area contributed by atoms with Crippen molar-refractivity contribution in [3.05, 3.63) is 29.6 Å². The molecule has 0 fully saturated rings. The van der Waals surface area contributed by atoms with Crippen molar-refractivity contribution in [2.75, 3.05) is 11.4 Å². The van der Waals surface area contributed by atoms with Gasteiger partial charge in [0.1, 0.15) is 5.82 Å². The lowest BCUT2D eigenvalue weighted by Crippen LogP contribution is -2.36. The zero-order chi connectivity index (χ0) is 18.7. The van der Waals surface area contributed by atoms with Gasteiger partial charge in [-0.1, -0.05) is 20.8 Å². The average molecular weight is 366 g/mol. The third-order valence-electron chi connectivity index (χ3n) is 4.25. The van der Waals surface area contributed by atoms with Crippen LogP contribution in [-0.4, -0.2) is 41.1 Å². The van der Waals surface area contributed by atoms with Crippen LogP contribution in [0.4, 0.5) is 19.0 Å². The second kappa shape index (κ2) is 5.39. The van der Waals surface area contributed by atoms with E-state index in [4.69, 9.17) is 0 Å². The van der Waals surface area contributed by atoms with Crippen LogP contribution >= 0.6 is 0 Å². The molecule has 4 heterocycles. The van der Waals surface area contributed by atoms with Crippen LogP contribution in [0.15, 0.2) is 12.1 Å². The van der Waals surface area contributed by atoms with Crippen LogP contribution in [-0.2, 0) is 24.7 Å². The Morgan fingerprint density at radius 1 is 0.923 bits per heavy atom. The molecule has 11 heteroatoms. The third-order valence-corrected chi connectivity index (χ3v) is 4.25. The number of nitrogens with zero attached hydrogens (tertiary/aromatic N) is 8. The Hall–Kier alpha value is -2.72. The van der Waals surface area contributed by atoms with E-state index in [2.05, 4.69) is 25.5 Å². The van der Waals surface area contributed by atoms with E-state index in [1.807, 2.05) is 25.7 Å². The Kier molecular flexibility index (Phi) is 3.47. The molecule has 0 radical (unpaired) electrons. The average Bonchev–Trinajstić information content (AvgIpc) is 3.16. The largest absolute Gasteiger partial charge is 0.451 e. The highest BCUT2D eigenvalue weighted by molar-refractivity contribution is 5.46. The number of alkyl halides is 3. The predicted molar refractivity (Wildman–Crippen MR) is 85.6 cm³/mol. The topological polar surface area (TPSA) is 77.0 Å². The van der Waals surface area contributed by atoms with Crippen molar-refractivity contribution >= 4 is 11.5 Å². The summed E-state index contributed by atoms with van der Waals surface area (Å²) in [6, 6.07) is 3.58. The smallest absolute Gasteiger partial charge is 0.346 e. The highest BCUT2D eigenvalue weighted by Crippen LogP contribution is 2.30. The van der Waals surface area contributed by atoms with Crippen LogP contribution in [0.2, 0.25) is 0 Å². The minimum Gasteiger partial charge on any atom is -0.346 e. The van der Waals surface area contributed by atoms with Gasteiger partial charge in [0.25, 0.3) is 0 Å². The maximum Gasteiger partial charge on any atom is 0.451 e. The fourth-order valence-corrected chi connectivity index (χ4v) is 2.98. The standard InChI is InChI=1S/C15H17F3N8/c1-14(2,3)12-21-19-9-4-5-10(23-26(9)12)24-6-7-25-11(8-24)20-22-13(25)15(16,17)18/h4-5H,6-8H2,1-3H3. The summed E-state index contributed by atoms with van der Waals surface area (Å²) in [4.78, 5) is 1.87. The molecule has 138 valence electrons. The van der Waals surface area contributed by atoms with Crippen molar-refractivity contribution in [1.29, 1.82) is 0 Å². The Bertz CT molecular complexity index is 966. The molecule has 0 unspecified atom stereocenters. The Labute approximate surface area is 146 Å². The van der Waals surface area contributed by atoms with Crippen LogP contribution in [0.5, 0.6) is 0 Å². The normalized spacial score (nSPS) is 15.5. The molecule has 3 aromatic rings. The first-order valence-electron chi connectivity index (χ1n) is 8.12. The van der Waals surface area contributed by atoms with E-state index in [1.165, 1.54) is 0 Å². The molecule has 0 aromatic carbocycles. The number of halogens is 3. The molecular weight excluding hydrogens is 349 g/mol. The summed E-state index contributed by atoms with van der Waals surface area (Å²) in [5, 5.41) is 19.9. The van der Waals surface area contributed by atoms with Gasteiger partial charge < -0.3 is 9.47 Å². The van der Waals surface area contributed by atoms with Crippen molar-refractivity contribution in [1.82, 2.24) is 34.6 Å². The van der Waals surface area contributed by atoms with Gasteiger partial charge >= 0.3 is 6.18 Å². The van der Waals surface area contributed by atoms with Crippen molar-refractivity contribution in [3.63, 3.8) is 0 Å². The zero-order valence-electron chi connectivity index (χ0n) is 14.5. The van der Waals surface area contributed by atoms with Crippen molar-refractivity contribution in [3.8, 4) is 0 Å². The summed E-state index contributed by atoms with van der Waals surface area (Å²) >= 11 is 0. The molecule has 0 N–H and O–H groups in total. The highest BCUT2D eigenvalue weighted by Gasteiger charge is 2.39. The van der Waals surface area contributed by atoms with Gasteiger partial charge in [-0.2, -0.15) is 17.7 Å². The molecule has 4 rings (SSSR count). The van der Waals surface area contributed by atoms with E-state index in [0.717, 1.165) is 4.57 Å². The first-order chi connectivity index (χ1) is 12.1. The van der Waals surface area contributed by atoms with Gasteiger partial charge in [-0.15, -0.1) is 25.5 Å². The SMILES string of the molecule is CC(C)(C)c1nnc2ccc(N3CCn4c(nnc4C(F)(F)F)C3)nn12. The molecule has 3 aromatic heterocycles. The fourth-order valence-electron chi connectivity index (χ4n) is 2.98. The Morgan fingerprint density at radius 2 is 1.65 bits per heavy atom. The molecule has 0 aliphatic carbocycles. The van der Waals surface area contributed by atoms with Gasteiger partial charge in [-0.3, -0.25) is 0 Å². The molecular formula is C15H17F3N8. The number of rotatable bonds is 1. The second-order valence-electron chi connectivity index (χ2n) is 7.25. The highest BCUT2D eigenvalue weighted by atomic mass is 19.4. The first kappa shape index (κ1) is 16.7. The lowest BCUT2D eigenvalue weighted by atomic mass is 9.96. The van der Waals surface area contributed by atoms with Crippen molar-refractivity contribution < 1.29 is 13.2 Å². The summed E-state index contributed by atoms with van der Waals surface area (Å²) in [7, 11) is 0. The maximum atomic E-state index is 13.0. The molecule has 1 aliphatic heterocycles. The van der Waals surface area contributed by atoms with Crippen LogP contribution in [0.25, 0.3) is 5.65 Å². The quantitative estimate of drug-likeness (QED) is 0.656. The van der Waals surface area contributed by atoms with Gasteiger partial charge in [0.2, 0.25) is 5.82 Å². The number of fused-ring (bicyclic) bond motifs is 2. The minimum atomic E-state index is -4.51. The lowest BCUT2D eigenvalue weighted by molar-refractivity contribution is -0.147. The Balaban J connectivity index is 1.68. The number of anilines is 1. The minimum absolute atomic E-state index is 0.144. The monoisotopic (exact) mass is 366 g/mol. The molecule has 0 amide bonds. The van der Waals surface area contributed by atoms with Gasteiger partial charge in [-0.05, 0) is 12.1 Å². The summed E-state index contributed by atoms with van der Waals surface area (Å²) in [6.07, 6.45) is -4.51. The number of aromatic nitrogens is 7. The first-order valence-corrected chi connectivity index (χ1v) is 8.12. The summed E-state index contributed by atoms with van der Waals surface area (Å²) in [6.45, 7) is 6.76. The Morgan fingerprint density at radius 3 is 2.35 bits per heavy atom. The molecule has 8 nitrogen and oxygen atoms in total. The molecule has 1 aliphatic rings. The molecule has 0 bridgehead atoms. The second-order valence-corrected chi connectivity index (χ2v) is 7.25. The van der Waals surface area contributed by atoms with Gasteiger partial charge in [0, 0.05) is 18.5 Å². The van der Waals surface area contributed by atoms with Crippen LogP contribution in [0, 0.1) is 0 Å². The fraction of sp³-hybridized carbons (Fsp3) is 0.533. The van der Waals surface area contributed by atoms with E-state index in [0.29, 0.717) is 23.8 Å². The van der Waals surface area contributed by atoms with Crippen LogP contribution < -0.4 is 4.90 Å². The van der Waals surface area contributed by atoms with E-state index in [1.54, 1.807) is 16.6 Å². The maximum absolute atomic E-state index is 13.0. The van der Waals surface area contributed by atoms with E-state index in [-0.39, 0.29) is 24.3 Å².